The van der Waals surface area contributed by atoms with Crippen LogP contribution < -0.4 is 5.56 Å². The van der Waals surface area contributed by atoms with E-state index in [2.05, 4.69) is 16.9 Å². The molecule has 35 heavy (non-hydrogen) atoms. The van der Waals surface area contributed by atoms with Crippen molar-refractivity contribution in [3.63, 3.8) is 0 Å². The number of rotatable bonds is 6. The van der Waals surface area contributed by atoms with Crippen LogP contribution >= 0.6 is 23.2 Å². The molecule has 5 aromatic rings. The van der Waals surface area contributed by atoms with Crippen LogP contribution in [0.25, 0.3) is 22.0 Å². The fourth-order valence-electron chi connectivity index (χ4n) is 4.57. The Bertz CT molecular complexity index is 1570. The number of hydrogen-bond acceptors (Lipinski definition) is 3. The quantitative estimate of drug-likeness (QED) is 0.282. The number of aromatic nitrogens is 3. The number of nitrogens with zero attached hydrogens (tertiary/aromatic N) is 2. The van der Waals surface area contributed by atoms with Crippen molar-refractivity contribution in [3.8, 4) is 11.1 Å². The predicted molar refractivity (Wildman–Crippen MR) is 141 cm³/mol. The standard InChI is InChI=1S/C28H23Cl2N3O2/c1-2-12-33-17-31-16-26(33)28(35,19-6-9-21(29)10-7-19)20-8-11-25-24(14-20)23(15-27(34)32-25)18-4-3-5-22(30)13-18/h3-11,13-17,35H,2,12H2,1H3,(H,32,34). The Labute approximate surface area is 212 Å². The highest BCUT2D eigenvalue weighted by molar-refractivity contribution is 6.31. The SMILES string of the molecule is CCCn1cncc1C(O)(c1ccc(Cl)cc1)c1ccc2[nH]c(=O)cc(-c3cccc(Cl)c3)c2c1. The van der Waals surface area contributed by atoms with Gasteiger partial charge < -0.3 is 14.7 Å². The summed E-state index contributed by atoms with van der Waals surface area (Å²) in [4.78, 5) is 19.7. The van der Waals surface area contributed by atoms with Gasteiger partial charge in [-0.05, 0) is 65.1 Å². The number of halogens is 2. The number of nitrogens with one attached hydrogen (secondary N) is 1. The van der Waals surface area contributed by atoms with Gasteiger partial charge in [0.25, 0.3) is 0 Å². The van der Waals surface area contributed by atoms with Gasteiger partial charge in [0.05, 0.1) is 18.2 Å². The molecule has 0 spiro atoms. The number of hydrogen-bond donors (Lipinski definition) is 2. The summed E-state index contributed by atoms with van der Waals surface area (Å²) in [6, 6.07) is 21.7. The van der Waals surface area contributed by atoms with Gasteiger partial charge in [0.15, 0.2) is 5.60 Å². The number of H-pyrrole nitrogens is 1. The molecule has 0 aliphatic heterocycles. The van der Waals surface area contributed by atoms with Crippen LogP contribution in [0.15, 0.2) is 90.1 Å². The number of aryl methyl sites for hydroxylation is 1. The van der Waals surface area contributed by atoms with Crippen LogP contribution in [0.4, 0.5) is 0 Å². The number of imidazole rings is 1. The molecule has 1 atom stereocenters. The highest BCUT2D eigenvalue weighted by atomic mass is 35.5. The Morgan fingerprint density at radius 1 is 0.971 bits per heavy atom. The zero-order valence-corrected chi connectivity index (χ0v) is 20.5. The van der Waals surface area contributed by atoms with E-state index in [0.29, 0.717) is 38.9 Å². The zero-order valence-electron chi connectivity index (χ0n) is 19.0. The van der Waals surface area contributed by atoms with Crippen molar-refractivity contribution in [2.45, 2.75) is 25.5 Å². The zero-order chi connectivity index (χ0) is 24.6. The number of fused-ring (bicyclic) bond motifs is 1. The summed E-state index contributed by atoms with van der Waals surface area (Å²) in [6.07, 6.45) is 4.31. The Kier molecular flexibility index (Phi) is 6.24. The van der Waals surface area contributed by atoms with Crippen molar-refractivity contribution in [1.29, 1.82) is 0 Å². The molecule has 5 nitrogen and oxygen atoms in total. The van der Waals surface area contributed by atoms with Crippen molar-refractivity contribution in [2.75, 3.05) is 0 Å². The summed E-state index contributed by atoms with van der Waals surface area (Å²) in [5, 5.41) is 14.4. The van der Waals surface area contributed by atoms with Crippen molar-refractivity contribution in [1.82, 2.24) is 14.5 Å². The fraction of sp³-hybridized carbons (Fsp3) is 0.143. The summed E-state index contributed by atoms with van der Waals surface area (Å²) in [5.74, 6) is 0. The number of aromatic amines is 1. The summed E-state index contributed by atoms with van der Waals surface area (Å²) in [6.45, 7) is 2.79. The van der Waals surface area contributed by atoms with Gasteiger partial charge in [0, 0.05) is 33.6 Å². The van der Waals surface area contributed by atoms with E-state index in [1.165, 1.54) is 0 Å². The molecular weight excluding hydrogens is 481 g/mol. The summed E-state index contributed by atoms with van der Waals surface area (Å²) in [5.41, 5.74) is 2.44. The third kappa shape index (κ3) is 4.27. The summed E-state index contributed by atoms with van der Waals surface area (Å²) in [7, 11) is 0. The van der Waals surface area contributed by atoms with Gasteiger partial charge in [-0.15, -0.1) is 0 Å². The second kappa shape index (κ2) is 9.34. The lowest BCUT2D eigenvalue weighted by atomic mass is 9.82. The van der Waals surface area contributed by atoms with Crippen LogP contribution in [0.1, 0.15) is 30.2 Å². The maximum absolute atomic E-state index is 12.4. The molecule has 2 N–H and O–H groups in total. The average molecular weight is 504 g/mol. The molecule has 0 saturated carbocycles. The van der Waals surface area contributed by atoms with Gasteiger partial charge in [-0.25, -0.2) is 4.98 Å². The number of benzene rings is 3. The Morgan fingerprint density at radius 2 is 1.74 bits per heavy atom. The van der Waals surface area contributed by atoms with E-state index in [9.17, 15) is 9.90 Å². The van der Waals surface area contributed by atoms with Gasteiger partial charge >= 0.3 is 0 Å². The van der Waals surface area contributed by atoms with Crippen LogP contribution in [0.2, 0.25) is 10.0 Å². The van der Waals surface area contributed by atoms with Crippen LogP contribution in [0.3, 0.4) is 0 Å². The summed E-state index contributed by atoms with van der Waals surface area (Å²) >= 11 is 12.4. The molecule has 0 aliphatic rings. The third-order valence-corrected chi connectivity index (χ3v) is 6.69. The smallest absolute Gasteiger partial charge is 0.249 e. The number of pyridine rings is 1. The van der Waals surface area contributed by atoms with E-state index in [4.69, 9.17) is 23.2 Å². The lowest BCUT2D eigenvalue weighted by Gasteiger charge is -2.31. The van der Waals surface area contributed by atoms with E-state index in [1.807, 2.05) is 53.1 Å². The molecule has 3 aromatic carbocycles. The molecule has 176 valence electrons. The maximum atomic E-state index is 12.4. The molecule has 5 rings (SSSR count). The van der Waals surface area contributed by atoms with Gasteiger partial charge in [0.2, 0.25) is 5.56 Å². The predicted octanol–water partition coefficient (Wildman–Crippen LogP) is 6.39. The molecule has 2 aromatic heterocycles. The molecule has 0 radical (unpaired) electrons. The Balaban J connectivity index is 1.80. The lowest BCUT2D eigenvalue weighted by molar-refractivity contribution is 0.116. The van der Waals surface area contributed by atoms with Crippen LogP contribution in [-0.2, 0) is 12.1 Å². The first-order chi connectivity index (χ1) is 16.9. The highest BCUT2D eigenvalue weighted by Crippen LogP contribution is 2.39. The minimum atomic E-state index is -1.51. The largest absolute Gasteiger partial charge is 0.374 e. The molecule has 7 heteroatoms. The van der Waals surface area contributed by atoms with Gasteiger partial charge in [-0.3, -0.25) is 4.79 Å². The van der Waals surface area contributed by atoms with E-state index in [1.54, 1.807) is 36.8 Å². The normalized spacial score (nSPS) is 13.1. The fourth-order valence-corrected chi connectivity index (χ4v) is 4.88. The lowest BCUT2D eigenvalue weighted by Crippen LogP contribution is -2.31. The highest BCUT2D eigenvalue weighted by Gasteiger charge is 2.37. The van der Waals surface area contributed by atoms with E-state index < -0.39 is 5.60 Å². The minimum Gasteiger partial charge on any atom is -0.374 e. The monoisotopic (exact) mass is 503 g/mol. The van der Waals surface area contributed by atoms with Crippen molar-refractivity contribution in [3.05, 3.63) is 123 Å². The second-order valence-corrected chi connectivity index (χ2v) is 9.38. The maximum Gasteiger partial charge on any atom is 0.249 e. The molecule has 0 aliphatic carbocycles. The van der Waals surface area contributed by atoms with Crippen LogP contribution in [0, 0.1) is 0 Å². The molecule has 2 heterocycles. The molecular formula is C28H23Cl2N3O2. The molecule has 0 bridgehead atoms. The molecule has 0 amide bonds. The average Bonchev–Trinajstić information content (AvgIpc) is 3.32. The third-order valence-electron chi connectivity index (χ3n) is 6.21. The topological polar surface area (TPSA) is 70.9 Å². The van der Waals surface area contributed by atoms with Crippen LogP contribution in [-0.4, -0.2) is 19.6 Å². The first-order valence-corrected chi connectivity index (χ1v) is 12.1. The molecule has 0 fully saturated rings. The van der Waals surface area contributed by atoms with E-state index in [-0.39, 0.29) is 5.56 Å². The minimum absolute atomic E-state index is 0.214. The van der Waals surface area contributed by atoms with E-state index in [0.717, 1.165) is 22.9 Å². The molecule has 0 saturated heterocycles. The van der Waals surface area contributed by atoms with Gasteiger partial charge in [-0.2, -0.15) is 0 Å². The van der Waals surface area contributed by atoms with Gasteiger partial charge in [0.1, 0.15) is 0 Å². The number of aliphatic hydroxyl groups is 1. The van der Waals surface area contributed by atoms with E-state index >= 15 is 0 Å². The van der Waals surface area contributed by atoms with Crippen molar-refractivity contribution >= 4 is 34.1 Å². The summed E-state index contributed by atoms with van der Waals surface area (Å²) < 4.78 is 1.96. The first-order valence-electron chi connectivity index (χ1n) is 11.3. The molecule has 1 unspecified atom stereocenters. The Morgan fingerprint density at radius 3 is 2.49 bits per heavy atom. The van der Waals surface area contributed by atoms with Crippen molar-refractivity contribution in [2.24, 2.45) is 0 Å². The first kappa shape index (κ1) is 23.4. The van der Waals surface area contributed by atoms with Crippen LogP contribution in [0.5, 0.6) is 0 Å². The van der Waals surface area contributed by atoms with Gasteiger partial charge in [-0.1, -0.05) is 60.5 Å². The Hall–Kier alpha value is -3.38. The van der Waals surface area contributed by atoms with Crippen molar-refractivity contribution < 1.29 is 5.11 Å². The second-order valence-electron chi connectivity index (χ2n) is 8.51.